The highest BCUT2D eigenvalue weighted by atomic mass is 32.1. The van der Waals surface area contributed by atoms with Gasteiger partial charge in [-0.3, -0.25) is 4.90 Å². The molecule has 2 unspecified atom stereocenters. The van der Waals surface area contributed by atoms with Gasteiger partial charge in [0.2, 0.25) is 0 Å². The Hall–Kier alpha value is -0.460. The maximum absolute atomic E-state index is 9.92. The second-order valence-corrected chi connectivity index (χ2v) is 5.46. The van der Waals surface area contributed by atoms with Crippen LogP contribution in [0.15, 0.2) is 17.5 Å². The van der Waals surface area contributed by atoms with Crippen LogP contribution in [0.3, 0.4) is 0 Å². The third kappa shape index (κ3) is 5.46. The highest BCUT2D eigenvalue weighted by Crippen LogP contribution is 2.23. The SMILES string of the molecule is COCCNCC(O)CN(C)C(C)c1cccs1. The molecule has 0 bridgehead atoms. The Kier molecular flexibility index (Phi) is 7.46. The fraction of sp³-hybridized carbons (Fsp3) is 0.692. The van der Waals surface area contributed by atoms with E-state index in [2.05, 4.69) is 34.7 Å². The number of rotatable bonds is 9. The van der Waals surface area contributed by atoms with Crippen molar-refractivity contribution in [1.29, 1.82) is 0 Å². The van der Waals surface area contributed by atoms with Crippen molar-refractivity contribution >= 4 is 11.3 Å². The Morgan fingerprint density at radius 1 is 1.56 bits per heavy atom. The summed E-state index contributed by atoms with van der Waals surface area (Å²) >= 11 is 1.76. The van der Waals surface area contributed by atoms with Gasteiger partial charge in [0.25, 0.3) is 0 Å². The number of aliphatic hydroxyl groups is 1. The van der Waals surface area contributed by atoms with Crippen molar-refractivity contribution in [2.24, 2.45) is 0 Å². The lowest BCUT2D eigenvalue weighted by molar-refractivity contribution is 0.105. The average molecular weight is 272 g/mol. The predicted molar refractivity (Wildman–Crippen MR) is 76.1 cm³/mol. The molecule has 0 aliphatic heterocycles. The topological polar surface area (TPSA) is 44.7 Å². The number of hydrogen-bond donors (Lipinski definition) is 2. The van der Waals surface area contributed by atoms with Crippen LogP contribution in [0.1, 0.15) is 17.8 Å². The summed E-state index contributed by atoms with van der Waals surface area (Å²) in [6, 6.07) is 4.54. The Bertz CT molecular complexity index is 306. The lowest BCUT2D eigenvalue weighted by atomic mass is 10.2. The molecule has 4 nitrogen and oxygen atoms in total. The highest BCUT2D eigenvalue weighted by molar-refractivity contribution is 7.10. The van der Waals surface area contributed by atoms with E-state index in [1.54, 1.807) is 18.4 Å². The van der Waals surface area contributed by atoms with Crippen molar-refractivity contribution in [1.82, 2.24) is 10.2 Å². The molecule has 5 heteroatoms. The van der Waals surface area contributed by atoms with E-state index in [4.69, 9.17) is 4.74 Å². The van der Waals surface area contributed by atoms with Crippen molar-refractivity contribution in [2.75, 3.05) is 40.4 Å². The van der Waals surface area contributed by atoms with Crippen LogP contribution in [0.4, 0.5) is 0 Å². The van der Waals surface area contributed by atoms with Gasteiger partial charge in [0.15, 0.2) is 0 Å². The minimum atomic E-state index is -0.353. The quantitative estimate of drug-likeness (QED) is 0.666. The largest absolute Gasteiger partial charge is 0.390 e. The second-order valence-electron chi connectivity index (χ2n) is 4.48. The summed E-state index contributed by atoms with van der Waals surface area (Å²) in [6.07, 6.45) is -0.353. The summed E-state index contributed by atoms with van der Waals surface area (Å²) in [7, 11) is 3.72. The fourth-order valence-electron chi connectivity index (χ4n) is 1.74. The van der Waals surface area contributed by atoms with Gasteiger partial charge >= 0.3 is 0 Å². The van der Waals surface area contributed by atoms with E-state index in [1.807, 2.05) is 7.05 Å². The molecule has 1 aromatic rings. The zero-order valence-corrected chi connectivity index (χ0v) is 12.2. The summed E-state index contributed by atoms with van der Waals surface area (Å²) in [5.74, 6) is 0. The number of nitrogens with zero attached hydrogens (tertiary/aromatic N) is 1. The van der Waals surface area contributed by atoms with E-state index in [0.29, 0.717) is 25.7 Å². The van der Waals surface area contributed by atoms with E-state index in [0.717, 1.165) is 6.54 Å². The van der Waals surface area contributed by atoms with Crippen molar-refractivity contribution in [3.05, 3.63) is 22.4 Å². The first-order chi connectivity index (χ1) is 8.65. The average Bonchev–Trinajstić information content (AvgIpc) is 2.87. The van der Waals surface area contributed by atoms with E-state index in [9.17, 15) is 5.11 Å². The molecule has 0 saturated carbocycles. The van der Waals surface area contributed by atoms with Gasteiger partial charge < -0.3 is 15.2 Å². The Balaban J connectivity index is 2.24. The monoisotopic (exact) mass is 272 g/mol. The van der Waals surface area contributed by atoms with E-state index in [1.165, 1.54) is 4.88 Å². The maximum atomic E-state index is 9.92. The first-order valence-electron chi connectivity index (χ1n) is 6.26. The molecule has 104 valence electrons. The first-order valence-corrected chi connectivity index (χ1v) is 7.14. The Labute approximate surface area is 114 Å². The second kappa shape index (κ2) is 8.61. The van der Waals surface area contributed by atoms with Crippen LogP contribution in [0.2, 0.25) is 0 Å². The van der Waals surface area contributed by atoms with Gasteiger partial charge in [0, 0.05) is 37.7 Å². The maximum Gasteiger partial charge on any atom is 0.0791 e. The van der Waals surface area contributed by atoms with Gasteiger partial charge in [-0.05, 0) is 25.4 Å². The summed E-state index contributed by atoms with van der Waals surface area (Å²) in [4.78, 5) is 3.51. The number of hydrogen-bond acceptors (Lipinski definition) is 5. The number of aliphatic hydroxyl groups excluding tert-OH is 1. The van der Waals surface area contributed by atoms with Gasteiger partial charge in [0.1, 0.15) is 0 Å². The van der Waals surface area contributed by atoms with Crippen molar-refractivity contribution in [2.45, 2.75) is 19.1 Å². The summed E-state index contributed by atoms with van der Waals surface area (Å²) in [6.45, 7) is 4.88. The van der Waals surface area contributed by atoms with Crippen LogP contribution in [0.5, 0.6) is 0 Å². The molecule has 1 rings (SSSR count). The summed E-state index contributed by atoms with van der Waals surface area (Å²) in [5.41, 5.74) is 0. The normalized spacial score (nSPS) is 14.9. The van der Waals surface area contributed by atoms with Gasteiger partial charge in [0.05, 0.1) is 12.7 Å². The molecule has 18 heavy (non-hydrogen) atoms. The van der Waals surface area contributed by atoms with Crippen LogP contribution >= 0.6 is 11.3 Å². The van der Waals surface area contributed by atoms with Crippen molar-refractivity contribution < 1.29 is 9.84 Å². The number of methoxy groups -OCH3 is 1. The Morgan fingerprint density at radius 3 is 2.94 bits per heavy atom. The summed E-state index contributed by atoms with van der Waals surface area (Å²) < 4.78 is 4.94. The highest BCUT2D eigenvalue weighted by Gasteiger charge is 2.15. The number of ether oxygens (including phenoxy) is 1. The van der Waals surface area contributed by atoms with Crippen LogP contribution in [-0.2, 0) is 4.74 Å². The molecule has 0 saturated heterocycles. The third-order valence-corrected chi connectivity index (χ3v) is 4.02. The number of thiophene rings is 1. The zero-order valence-electron chi connectivity index (χ0n) is 11.4. The van der Waals surface area contributed by atoms with Crippen LogP contribution in [0, 0.1) is 0 Å². The van der Waals surface area contributed by atoms with Gasteiger partial charge in [-0.15, -0.1) is 11.3 Å². The molecule has 0 radical (unpaired) electrons. The summed E-state index contributed by atoms with van der Waals surface area (Å²) in [5, 5.41) is 15.2. The minimum Gasteiger partial charge on any atom is -0.390 e. The van der Waals surface area contributed by atoms with E-state index < -0.39 is 0 Å². The van der Waals surface area contributed by atoms with Crippen LogP contribution in [-0.4, -0.2) is 56.5 Å². The Morgan fingerprint density at radius 2 is 2.33 bits per heavy atom. The first kappa shape index (κ1) is 15.6. The third-order valence-electron chi connectivity index (χ3n) is 2.98. The molecule has 0 aliphatic carbocycles. The minimum absolute atomic E-state index is 0.346. The molecule has 2 N–H and O–H groups in total. The molecular formula is C13H24N2O2S. The van der Waals surface area contributed by atoms with Crippen molar-refractivity contribution in [3.8, 4) is 0 Å². The van der Waals surface area contributed by atoms with Crippen molar-refractivity contribution in [3.63, 3.8) is 0 Å². The zero-order chi connectivity index (χ0) is 13.4. The van der Waals surface area contributed by atoms with Gasteiger partial charge in [-0.2, -0.15) is 0 Å². The number of nitrogens with one attached hydrogen (secondary N) is 1. The fourth-order valence-corrected chi connectivity index (χ4v) is 2.59. The molecular weight excluding hydrogens is 248 g/mol. The molecule has 1 aromatic heterocycles. The molecule has 0 aromatic carbocycles. The molecule has 0 fully saturated rings. The van der Waals surface area contributed by atoms with E-state index in [-0.39, 0.29) is 6.10 Å². The smallest absolute Gasteiger partial charge is 0.0791 e. The predicted octanol–water partition coefficient (Wildman–Crippen LogP) is 1.34. The molecule has 0 amide bonds. The molecule has 1 heterocycles. The number of likely N-dealkylation sites (N-methyl/N-ethyl adjacent to an activating group) is 1. The lowest BCUT2D eigenvalue weighted by Crippen LogP contribution is -2.38. The lowest BCUT2D eigenvalue weighted by Gasteiger charge is -2.26. The van der Waals surface area contributed by atoms with Gasteiger partial charge in [-0.25, -0.2) is 0 Å². The molecule has 2 atom stereocenters. The standard InChI is InChI=1S/C13H24N2O2S/c1-11(13-5-4-8-18-13)15(2)10-12(16)9-14-6-7-17-3/h4-5,8,11-12,14,16H,6-7,9-10H2,1-3H3. The molecule has 0 spiro atoms. The van der Waals surface area contributed by atoms with Crippen LogP contribution in [0.25, 0.3) is 0 Å². The molecule has 0 aliphatic rings. The van der Waals surface area contributed by atoms with Crippen LogP contribution < -0.4 is 5.32 Å². The van der Waals surface area contributed by atoms with E-state index >= 15 is 0 Å². The van der Waals surface area contributed by atoms with Gasteiger partial charge in [-0.1, -0.05) is 6.07 Å².